The first-order valence-corrected chi connectivity index (χ1v) is 4.24. The highest BCUT2D eigenvalue weighted by molar-refractivity contribution is 5.20. The molecule has 1 aromatic rings. The van der Waals surface area contributed by atoms with Crippen LogP contribution in [0.4, 0.5) is 0 Å². The first-order valence-electron chi connectivity index (χ1n) is 4.24. The molecule has 0 spiro atoms. The Morgan fingerprint density at radius 3 is 2.67 bits per heavy atom. The van der Waals surface area contributed by atoms with E-state index in [2.05, 4.69) is 0 Å². The highest BCUT2D eigenvalue weighted by Crippen LogP contribution is 2.14. The van der Waals surface area contributed by atoms with E-state index in [0.29, 0.717) is 12.7 Å². The molecular formula is C10H12O2. The van der Waals surface area contributed by atoms with Crippen LogP contribution in [0.25, 0.3) is 0 Å². The van der Waals surface area contributed by atoms with Gasteiger partial charge in [-0.15, -0.1) is 0 Å². The van der Waals surface area contributed by atoms with Crippen LogP contribution in [0.2, 0.25) is 0 Å². The van der Waals surface area contributed by atoms with Gasteiger partial charge in [-0.3, -0.25) is 0 Å². The van der Waals surface area contributed by atoms with E-state index in [9.17, 15) is 0 Å². The molecule has 0 saturated carbocycles. The zero-order valence-corrected chi connectivity index (χ0v) is 6.90. The molecule has 64 valence electrons. The van der Waals surface area contributed by atoms with E-state index in [4.69, 9.17) is 9.47 Å². The predicted octanol–water partition coefficient (Wildman–Crippen LogP) is 1.85. The third-order valence-electron chi connectivity index (χ3n) is 1.97. The quantitative estimate of drug-likeness (QED) is 0.678. The third-order valence-corrected chi connectivity index (χ3v) is 1.97. The zero-order valence-electron chi connectivity index (χ0n) is 6.90. The van der Waals surface area contributed by atoms with Crippen molar-refractivity contribution in [2.45, 2.75) is 12.5 Å². The second kappa shape index (κ2) is 3.59. The molecule has 0 bridgehead atoms. The predicted molar refractivity (Wildman–Crippen MR) is 46.3 cm³/mol. The van der Waals surface area contributed by atoms with Gasteiger partial charge in [-0.25, -0.2) is 0 Å². The number of benzene rings is 1. The van der Waals surface area contributed by atoms with E-state index in [1.165, 1.54) is 0 Å². The highest BCUT2D eigenvalue weighted by atomic mass is 16.5. The standard InChI is InChI=1S/C10H12O2/c1-2-4-9(5-3-1)12-8-10-6-7-11-10/h1-5,10H,6-8H2/t10-/m0/s1. The van der Waals surface area contributed by atoms with Crippen LogP contribution >= 0.6 is 0 Å². The van der Waals surface area contributed by atoms with Gasteiger partial charge in [-0.05, 0) is 12.1 Å². The molecule has 2 nitrogen and oxygen atoms in total. The van der Waals surface area contributed by atoms with Crippen LogP contribution < -0.4 is 4.74 Å². The van der Waals surface area contributed by atoms with Crippen LogP contribution in [0.15, 0.2) is 30.3 Å². The summed E-state index contributed by atoms with van der Waals surface area (Å²) in [6, 6.07) is 9.83. The summed E-state index contributed by atoms with van der Waals surface area (Å²) in [6.07, 6.45) is 1.46. The average Bonchev–Trinajstić information content (AvgIpc) is 2.04. The molecule has 0 N–H and O–H groups in total. The molecule has 2 heteroatoms. The van der Waals surface area contributed by atoms with Gasteiger partial charge in [0.15, 0.2) is 0 Å². The van der Waals surface area contributed by atoms with Gasteiger partial charge in [-0.2, -0.15) is 0 Å². The normalized spacial score (nSPS) is 21.5. The Labute approximate surface area is 72.1 Å². The summed E-state index contributed by atoms with van der Waals surface area (Å²) in [5, 5.41) is 0. The summed E-state index contributed by atoms with van der Waals surface area (Å²) in [5.74, 6) is 0.924. The Balaban J connectivity index is 1.79. The van der Waals surface area contributed by atoms with Crippen LogP contribution in [0.5, 0.6) is 5.75 Å². The van der Waals surface area contributed by atoms with Crippen molar-refractivity contribution in [3.63, 3.8) is 0 Å². The van der Waals surface area contributed by atoms with Crippen LogP contribution in [-0.4, -0.2) is 19.3 Å². The van der Waals surface area contributed by atoms with Gasteiger partial charge in [0, 0.05) is 13.0 Å². The Morgan fingerprint density at radius 2 is 2.08 bits per heavy atom. The molecule has 1 heterocycles. The van der Waals surface area contributed by atoms with Crippen molar-refractivity contribution in [1.82, 2.24) is 0 Å². The fraction of sp³-hybridized carbons (Fsp3) is 0.400. The van der Waals surface area contributed by atoms with Crippen molar-refractivity contribution in [3.05, 3.63) is 30.3 Å². The maximum atomic E-state index is 5.48. The molecule has 12 heavy (non-hydrogen) atoms. The topological polar surface area (TPSA) is 18.5 Å². The zero-order chi connectivity index (χ0) is 8.23. The molecule has 2 rings (SSSR count). The Hall–Kier alpha value is -1.02. The number of rotatable bonds is 3. The smallest absolute Gasteiger partial charge is 0.119 e. The van der Waals surface area contributed by atoms with Crippen LogP contribution in [-0.2, 0) is 4.74 Å². The Kier molecular flexibility index (Phi) is 2.28. The summed E-state index contributed by atoms with van der Waals surface area (Å²) in [6.45, 7) is 1.58. The van der Waals surface area contributed by atoms with Crippen LogP contribution in [0.3, 0.4) is 0 Å². The molecule has 1 aliphatic rings. The molecule has 1 atom stereocenters. The molecule has 0 aliphatic carbocycles. The summed E-state index contributed by atoms with van der Waals surface area (Å²) in [4.78, 5) is 0. The summed E-state index contributed by atoms with van der Waals surface area (Å²) >= 11 is 0. The van der Waals surface area contributed by atoms with Gasteiger partial charge in [-0.1, -0.05) is 18.2 Å². The average molecular weight is 164 g/mol. The van der Waals surface area contributed by atoms with E-state index in [0.717, 1.165) is 18.8 Å². The van der Waals surface area contributed by atoms with Gasteiger partial charge in [0.25, 0.3) is 0 Å². The monoisotopic (exact) mass is 164 g/mol. The molecule has 0 amide bonds. The minimum Gasteiger partial charge on any atom is -0.491 e. The van der Waals surface area contributed by atoms with E-state index in [1.807, 2.05) is 30.3 Å². The molecule has 0 unspecified atom stereocenters. The molecule has 1 fully saturated rings. The van der Waals surface area contributed by atoms with E-state index in [-0.39, 0.29) is 0 Å². The number of hydrogen-bond donors (Lipinski definition) is 0. The maximum absolute atomic E-state index is 5.48. The van der Waals surface area contributed by atoms with Crippen molar-refractivity contribution in [2.75, 3.05) is 13.2 Å². The number of hydrogen-bond acceptors (Lipinski definition) is 2. The van der Waals surface area contributed by atoms with Gasteiger partial charge in [0.2, 0.25) is 0 Å². The first kappa shape index (κ1) is 7.62. The lowest BCUT2D eigenvalue weighted by Gasteiger charge is -2.26. The largest absolute Gasteiger partial charge is 0.491 e. The second-order valence-corrected chi connectivity index (χ2v) is 2.91. The van der Waals surface area contributed by atoms with Crippen molar-refractivity contribution in [2.24, 2.45) is 0 Å². The first-order chi connectivity index (χ1) is 5.95. The Bertz CT molecular complexity index is 229. The van der Waals surface area contributed by atoms with Gasteiger partial charge < -0.3 is 9.47 Å². The second-order valence-electron chi connectivity index (χ2n) is 2.91. The van der Waals surface area contributed by atoms with Crippen molar-refractivity contribution in [1.29, 1.82) is 0 Å². The summed E-state index contributed by atoms with van der Waals surface area (Å²) in [7, 11) is 0. The highest BCUT2D eigenvalue weighted by Gasteiger charge is 2.18. The lowest BCUT2D eigenvalue weighted by Crippen LogP contribution is -2.32. The van der Waals surface area contributed by atoms with Crippen LogP contribution in [0.1, 0.15) is 6.42 Å². The summed E-state index contributed by atoms with van der Waals surface area (Å²) in [5.41, 5.74) is 0. The number of para-hydroxylation sites is 1. The SMILES string of the molecule is c1ccc(OC[C@@H]2CCO2)cc1. The molecule has 1 aromatic carbocycles. The van der Waals surface area contributed by atoms with Crippen molar-refractivity contribution in [3.8, 4) is 5.75 Å². The van der Waals surface area contributed by atoms with Gasteiger partial charge in [0.05, 0.1) is 6.10 Å². The van der Waals surface area contributed by atoms with Crippen LogP contribution in [0, 0.1) is 0 Å². The van der Waals surface area contributed by atoms with E-state index in [1.54, 1.807) is 0 Å². The van der Waals surface area contributed by atoms with Crippen molar-refractivity contribution < 1.29 is 9.47 Å². The Morgan fingerprint density at radius 1 is 1.33 bits per heavy atom. The van der Waals surface area contributed by atoms with Gasteiger partial charge >= 0.3 is 0 Å². The fourth-order valence-corrected chi connectivity index (χ4v) is 1.12. The van der Waals surface area contributed by atoms with E-state index >= 15 is 0 Å². The molecule has 1 saturated heterocycles. The third kappa shape index (κ3) is 1.77. The van der Waals surface area contributed by atoms with E-state index < -0.39 is 0 Å². The lowest BCUT2D eigenvalue weighted by atomic mass is 10.2. The van der Waals surface area contributed by atoms with Gasteiger partial charge in [0.1, 0.15) is 12.4 Å². The summed E-state index contributed by atoms with van der Waals surface area (Å²) < 4.78 is 10.7. The molecule has 1 aliphatic heterocycles. The molecular weight excluding hydrogens is 152 g/mol. The lowest BCUT2D eigenvalue weighted by molar-refractivity contribution is -0.0720. The minimum atomic E-state index is 0.324. The van der Waals surface area contributed by atoms with Crippen molar-refractivity contribution >= 4 is 0 Å². The molecule has 0 radical (unpaired) electrons. The maximum Gasteiger partial charge on any atom is 0.119 e. The minimum absolute atomic E-state index is 0.324. The number of ether oxygens (including phenoxy) is 2. The molecule has 0 aromatic heterocycles. The fourth-order valence-electron chi connectivity index (χ4n) is 1.12.